The number of likely N-dealkylation sites (N-methyl/N-ethyl adjacent to an activating group) is 1. The molecule has 1 aliphatic rings. The van der Waals surface area contributed by atoms with Crippen molar-refractivity contribution in [2.45, 2.75) is 31.7 Å². The summed E-state index contributed by atoms with van der Waals surface area (Å²) in [5.41, 5.74) is 0.622. The minimum atomic E-state index is -0.546. The number of ether oxygens (including phenoxy) is 1. The number of cyclic esters (lactones) is 1. The minimum absolute atomic E-state index is 0.112. The number of hydrogen-bond acceptors (Lipinski definition) is 3. The van der Waals surface area contributed by atoms with Crippen LogP contribution in [0.1, 0.15) is 31.7 Å². The van der Waals surface area contributed by atoms with Crippen LogP contribution in [0.25, 0.3) is 0 Å². The Morgan fingerprint density at radius 2 is 2.06 bits per heavy atom. The Morgan fingerprint density at radius 3 is 2.65 bits per heavy atom. The molecule has 2 rings (SSSR count). The molecule has 0 spiro atoms. The van der Waals surface area contributed by atoms with Crippen molar-refractivity contribution >= 4 is 5.97 Å². The van der Waals surface area contributed by atoms with E-state index in [0.717, 1.165) is 13.0 Å². The first-order chi connectivity index (χ1) is 8.24. The highest BCUT2D eigenvalue weighted by molar-refractivity contribution is 5.84. The molecule has 1 fully saturated rings. The highest BCUT2D eigenvalue weighted by Crippen LogP contribution is 2.37. The molecule has 0 aromatic heterocycles. The van der Waals surface area contributed by atoms with Crippen LogP contribution in [0.2, 0.25) is 0 Å². The first kappa shape index (κ1) is 12.1. The van der Waals surface area contributed by atoms with Gasteiger partial charge in [-0.25, -0.2) is 0 Å². The van der Waals surface area contributed by atoms with Crippen molar-refractivity contribution in [3.8, 4) is 0 Å². The van der Waals surface area contributed by atoms with Gasteiger partial charge in [0.15, 0.2) is 0 Å². The van der Waals surface area contributed by atoms with E-state index in [0.29, 0.717) is 6.61 Å². The lowest BCUT2D eigenvalue weighted by Crippen LogP contribution is -2.52. The maximum Gasteiger partial charge on any atom is 0.327 e. The Balaban J connectivity index is 2.36. The van der Waals surface area contributed by atoms with E-state index in [1.165, 1.54) is 5.56 Å². The number of carbonyl (C=O) groups is 1. The van der Waals surface area contributed by atoms with Crippen LogP contribution in [-0.2, 0) is 9.53 Å². The summed E-state index contributed by atoms with van der Waals surface area (Å²) in [7, 11) is 0. The van der Waals surface area contributed by atoms with Crippen LogP contribution in [0.15, 0.2) is 30.3 Å². The van der Waals surface area contributed by atoms with Gasteiger partial charge in [-0.15, -0.1) is 0 Å². The summed E-state index contributed by atoms with van der Waals surface area (Å²) < 4.78 is 5.28. The van der Waals surface area contributed by atoms with Crippen molar-refractivity contribution in [2.24, 2.45) is 0 Å². The molecular formula is C14H19NO2. The smallest absolute Gasteiger partial charge is 0.327 e. The van der Waals surface area contributed by atoms with E-state index < -0.39 is 5.54 Å². The minimum Gasteiger partial charge on any atom is -0.464 e. The highest BCUT2D eigenvalue weighted by atomic mass is 16.5. The third-order valence-corrected chi connectivity index (χ3v) is 3.59. The molecule has 3 heteroatoms. The second kappa shape index (κ2) is 4.88. The molecule has 2 unspecified atom stereocenters. The Hall–Kier alpha value is -1.35. The van der Waals surface area contributed by atoms with E-state index in [9.17, 15) is 4.79 Å². The number of carbonyl (C=O) groups excluding carboxylic acids is 1. The Bertz CT molecular complexity index is 390. The molecule has 0 radical (unpaired) electrons. The molecule has 0 bridgehead atoms. The summed E-state index contributed by atoms with van der Waals surface area (Å²) in [5.74, 6) is -0.00291. The van der Waals surface area contributed by atoms with Crippen molar-refractivity contribution in [1.82, 2.24) is 5.32 Å². The second-order valence-electron chi connectivity index (χ2n) is 4.42. The Kier molecular flexibility index (Phi) is 3.48. The molecule has 2 atom stereocenters. The molecular weight excluding hydrogens is 214 g/mol. The number of benzene rings is 1. The molecule has 3 nitrogen and oxygen atoms in total. The molecule has 1 aliphatic heterocycles. The third-order valence-electron chi connectivity index (χ3n) is 3.59. The predicted octanol–water partition coefficient (Wildman–Crippen LogP) is 2.09. The molecule has 1 heterocycles. The van der Waals surface area contributed by atoms with Gasteiger partial charge in [0.05, 0.1) is 0 Å². The monoisotopic (exact) mass is 233 g/mol. The fourth-order valence-electron chi connectivity index (χ4n) is 2.66. The molecule has 1 aromatic rings. The van der Waals surface area contributed by atoms with E-state index in [-0.39, 0.29) is 11.9 Å². The fraction of sp³-hybridized carbons (Fsp3) is 0.500. The van der Waals surface area contributed by atoms with Crippen molar-refractivity contribution in [3.05, 3.63) is 35.9 Å². The van der Waals surface area contributed by atoms with Gasteiger partial charge >= 0.3 is 5.97 Å². The fourth-order valence-corrected chi connectivity index (χ4v) is 2.66. The second-order valence-corrected chi connectivity index (χ2v) is 4.42. The van der Waals surface area contributed by atoms with E-state index in [4.69, 9.17) is 4.74 Å². The number of hydrogen-bond donors (Lipinski definition) is 1. The SMILES string of the molecule is CCNC1(CC)C(=O)OCC1c1ccccc1. The van der Waals surface area contributed by atoms with Crippen LogP contribution in [0.3, 0.4) is 0 Å². The molecule has 92 valence electrons. The van der Waals surface area contributed by atoms with Gasteiger partial charge in [-0.2, -0.15) is 0 Å². The standard InChI is InChI=1S/C14H19NO2/c1-3-14(15-4-2)12(10-17-13(14)16)11-8-6-5-7-9-11/h5-9,12,15H,3-4,10H2,1-2H3. The molecule has 1 N–H and O–H groups in total. The summed E-state index contributed by atoms with van der Waals surface area (Å²) in [6, 6.07) is 10.1. The molecule has 0 saturated carbocycles. The predicted molar refractivity (Wildman–Crippen MR) is 66.8 cm³/mol. The summed E-state index contributed by atoms with van der Waals surface area (Å²) in [5, 5.41) is 3.33. The maximum atomic E-state index is 12.0. The van der Waals surface area contributed by atoms with Crippen LogP contribution in [-0.4, -0.2) is 24.7 Å². The zero-order chi connectivity index (χ0) is 12.3. The molecule has 1 aromatic carbocycles. The summed E-state index contributed by atoms with van der Waals surface area (Å²) in [6.07, 6.45) is 0.749. The van der Waals surface area contributed by atoms with Crippen molar-refractivity contribution in [2.75, 3.05) is 13.2 Å². The van der Waals surface area contributed by atoms with Gasteiger partial charge in [-0.1, -0.05) is 44.2 Å². The zero-order valence-electron chi connectivity index (χ0n) is 10.4. The average Bonchev–Trinajstić information content (AvgIpc) is 2.69. The molecule has 1 saturated heterocycles. The quantitative estimate of drug-likeness (QED) is 0.809. The van der Waals surface area contributed by atoms with Crippen molar-refractivity contribution < 1.29 is 9.53 Å². The van der Waals surface area contributed by atoms with E-state index in [1.54, 1.807) is 0 Å². The summed E-state index contributed by atoms with van der Waals surface area (Å²) in [4.78, 5) is 12.0. The zero-order valence-corrected chi connectivity index (χ0v) is 10.4. The molecule has 0 amide bonds. The van der Waals surface area contributed by atoms with Gasteiger partial charge in [-0.05, 0) is 18.5 Å². The lowest BCUT2D eigenvalue weighted by molar-refractivity contribution is -0.143. The van der Waals surface area contributed by atoms with Crippen LogP contribution in [0.5, 0.6) is 0 Å². The van der Waals surface area contributed by atoms with E-state index in [2.05, 4.69) is 17.4 Å². The largest absolute Gasteiger partial charge is 0.464 e. The van der Waals surface area contributed by atoms with Gasteiger partial charge < -0.3 is 10.1 Å². The normalized spacial score (nSPS) is 28.1. The van der Waals surface area contributed by atoms with E-state index >= 15 is 0 Å². The first-order valence-corrected chi connectivity index (χ1v) is 6.21. The van der Waals surface area contributed by atoms with Gasteiger partial charge in [0.25, 0.3) is 0 Å². The summed E-state index contributed by atoms with van der Waals surface area (Å²) >= 11 is 0. The summed E-state index contributed by atoms with van der Waals surface area (Å²) in [6.45, 7) is 5.30. The van der Waals surface area contributed by atoms with Crippen LogP contribution in [0.4, 0.5) is 0 Å². The third kappa shape index (κ3) is 1.95. The van der Waals surface area contributed by atoms with E-state index in [1.807, 2.05) is 32.0 Å². The number of rotatable bonds is 4. The number of nitrogens with one attached hydrogen (secondary N) is 1. The maximum absolute atomic E-state index is 12.0. The Morgan fingerprint density at radius 1 is 1.35 bits per heavy atom. The topological polar surface area (TPSA) is 38.3 Å². The Labute approximate surface area is 102 Å². The van der Waals surface area contributed by atoms with Gasteiger partial charge in [-0.3, -0.25) is 4.79 Å². The van der Waals surface area contributed by atoms with Crippen LogP contribution in [0, 0.1) is 0 Å². The molecule has 0 aliphatic carbocycles. The highest BCUT2D eigenvalue weighted by Gasteiger charge is 2.51. The average molecular weight is 233 g/mol. The van der Waals surface area contributed by atoms with Crippen molar-refractivity contribution in [3.63, 3.8) is 0 Å². The lowest BCUT2D eigenvalue weighted by Gasteiger charge is -2.30. The van der Waals surface area contributed by atoms with Gasteiger partial charge in [0.2, 0.25) is 0 Å². The molecule has 17 heavy (non-hydrogen) atoms. The lowest BCUT2D eigenvalue weighted by atomic mass is 9.79. The van der Waals surface area contributed by atoms with Crippen LogP contribution < -0.4 is 5.32 Å². The van der Waals surface area contributed by atoms with Crippen LogP contribution >= 0.6 is 0 Å². The van der Waals surface area contributed by atoms with Gasteiger partial charge in [0.1, 0.15) is 12.1 Å². The van der Waals surface area contributed by atoms with Crippen molar-refractivity contribution in [1.29, 1.82) is 0 Å². The van der Waals surface area contributed by atoms with Gasteiger partial charge in [0, 0.05) is 5.92 Å². The first-order valence-electron chi connectivity index (χ1n) is 6.21. The number of esters is 1.